The van der Waals surface area contributed by atoms with Gasteiger partial charge in [-0.25, -0.2) is 0 Å². The van der Waals surface area contributed by atoms with Gasteiger partial charge < -0.3 is 19.9 Å². The molecule has 0 amide bonds. The van der Waals surface area contributed by atoms with E-state index in [0.29, 0.717) is 5.69 Å². The summed E-state index contributed by atoms with van der Waals surface area (Å²) in [6, 6.07) is 5.47. The van der Waals surface area contributed by atoms with E-state index in [1.54, 1.807) is 13.2 Å². The van der Waals surface area contributed by atoms with Gasteiger partial charge in [0.05, 0.1) is 19.3 Å². The highest BCUT2D eigenvalue weighted by Crippen LogP contribution is 2.28. The van der Waals surface area contributed by atoms with E-state index in [9.17, 15) is 0 Å². The van der Waals surface area contributed by atoms with Gasteiger partial charge in [-0.3, -0.25) is 0 Å². The lowest BCUT2D eigenvalue weighted by Crippen LogP contribution is -2.35. The molecule has 0 aromatic heterocycles. The highest BCUT2D eigenvalue weighted by molar-refractivity contribution is 5.50. The SMILES string of the molecule is COc1cc(N)cc(OC2CC(C)OC(C)C2)c1. The second-order valence-electron chi connectivity index (χ2n) is 4.91. The lowest BCUT2D eigenvalue weighted by Gasteiger charge is -2.32. The van der Waals surface area contributed by atoms with Crippen molar-refractivity contribution in [3.63, 3.8) is 0 Å². The summed E-state index contributed by atoms with van der Waals surface area (Å²) in [7, 11) is 1.62. The Morgan fingerprint density at radius 1 is 1.11 bits per heavy atom. The molecular formula is C14H21NO3. The molecule has 100 valence electrons. The van der Waals surface area contributed by atoms with Crippen LogP contribution in [0.2, 0.25) is 0 Å². The molecule has 1 heterocycles. The number of nitrogen functional groups attached to an aromatic ring is 1. The average molecular weight is 251 g/mol. The van der Waals surface area contributed by atoms with Crippen LogP contribution in [0.25, 0.3) is 0 Å². The number of nitrogens with two attached hydrogens (primary N) is 1. The fourth-order valence-corrected chi connectivity index (χ4v) is 2.41. The van der Waals surface area contributed by atoms with Crippen molar-refractivity contribution in [3.05, 3.63) is 18.2 Å². The molecule has 2 rings (SSSR count). The summed E-state index contributed by atoms with van der Waals surface area (Å²) in [6.45, 7) is 4.15. The quantitative estimate of drug-likeness (QED) is 0.839. The van der Waals surface area contributed by atoms with E-state index in [2.05, 4.69) is 13.8 Å². The minimum absolute atomic E-state index is 0.176. The van der Waals surface area contributed by atoms with Crippen LogP contribution in [-0.4, -0.2) is 25.4 Å². The van der Waals surface area contributed by atoms with Gasteiger partial charge in [0.1, 0.15) is 17.6 Å². The minimum atomic E-state index is 0.176. The van der Waals surface area contributed by atoms with Crippen molar-refractivity contribution < 1.29 is 14.2 Å². The van der Waals surface area contributed by atoms with Gasteiger partial charge in [-0.15, -0.1) is 0 Å². The van der Waals surface area contributed by atoms with E-state index in [0.717, 1.165) is 24.3 Å². The first kappa shape index (κ1) is 13.0. The van der Waals surface area contributed by atoms with Crippen LogP contribution in [0.5, 0.6) is 11.5 Å². The Morgan fingerprint density at radius 2 is 1.72 bits per heavy atom. The van der Waals surface area contributed by atoms with Gasteiger partial charge in [0.25, 0.3) is 0 Å². The molecule has 1 aromatic carbocycles. The molecule has 0 bridgehead atoms. The van der Waals surface area contributed by atoms with Crippen molar-refractivity contribution in [2.24, 2.45) is 0 Å². The lowest BCUT2D eigenvalue weighted by molar-refractivity contribution is -0.0721. The van der Waals surface area contributed by atoms with Crippen molar-refractivity contribution in [3.8, 4) is 11.5 Å². The van der Waals surface area contributed by atoms with E-state index in [1.165, 1.54) is 0 Å². The molecule has 1 saturated heterocycles. The molecule has 0 aliphatic carbocycles. The molecule has 1 aromatic rings. The largest absolute Gasteiger partial charge is 0.497 e. The van der Waals surface area contributed by atoms with E-state index < -0.39 is 0 Å². The predicted octanol–water partition coefficient (Wildman–Crippen LogP) is 2.61. The third-order valence-electron chi connectivity index (χ3n) is 3.10. The zero-order valence-electron chi connectivity index (χ0n) is 11.2. The normalized spacial score (nSPS) is 27.8. The summed E-state index contributed by atoms with van der Waals surface area (Å²) in [6.07, 6.45) is 2.46. The Balaban J connectivity index is 2.06. The van der Waals surface area contributed by atoms with Crippen LogP contribution in [0.15, 0.2) is 18.2 Å². The maximum atomic E-state index is 5.98. The molecule has 1 aliphatic rings. The van der Waals surface area contributed by atoms with Crippen molar-refractivity contribution in [2.75, 3.05) is 12.8 Å². The minimum Gasteiger partial charge on any atom is -0.497 e. The van der Waals surface area contributed by atoms with Crippen LogP contribution in [0, 0.1) is 0 Å². The zero-order valence-corrected chi connectivity index (χ0v) is 11.2. The van der Waals surface area contributed by atoms with Crippen molar-refractivity contribution in [1.82, 2.24) is 0 Å². The molecule has 0 radical (unpaired) electrons. The summed E-state index contributed by atoms with van der Waals surface area (Å²) in [5.41, 5.74) is 6.46. The third-order valence-corrected chi connectivity index (χ3v) is 3.10. The third kappa shape index (κ3) is 3.29. The number of hydrogen-bond donors (Lipinski definition) is 1. The molecule has 2 unspecified atom stereocenters. The van der Waals surface area contributed by atoms with E-state index in [-0.39, 0.29) is 18.3 Å². The zero-order chi connectivity index (χ0) is 13.1. The van der Waals surface area contributed by atoms with E-state index in [4.69, 9.17) is 19.9 Å². The molecule has 4 nitrogen and oxygen atoms in total. The Bertz CT molecular complexity index is 398. The summed E-state index contributed by atoms with van der Waals surface area (Å²) >= 11 is 0. The average Bonchev–Trinajstić information content (AvgIpc) is 2.26. The monoisotopic (exact) mass is 251 g/mol. The Hall–Kier alpha value is -1.42. The van der Waals surface area contributed by atoms with Crippen molar-refractivity contribution in [1.29, 1.82) is 0 Å². The summed E-state index contributed by atoms with van der Waals surface area (Å²) < 4.78 is 16.9. The maximum Gasteiger partial charge on any atom is 0.125 e. The summed E-state index contributed by atoms with van der Waals surface area (Å²) in [5.74, 6) is 1.48. The van der Waals surface area contributed by atoms with Crippen LogP contribution in [0.4, 0.5) is 5.69 Å². The molecule has 0 saturated carbocycles. The molecule has 2 atom stereocenters. The Morgan fingerprint density at radius 3 is 2.33 bits per heavy atom. The highest BCUT2D eigenvalue weighted by Gasteiger charge is 2.25. The number of methoxy groups -OCH3 is 1. The van der Waals surface area contributed by atoms with Gasteiger partial charge in [0.15, 0.2) is 0 Å². The van der Waals surface area contributed by atoms with Gasteiger partial charge in [0, 0.05) is 36.7 Å². The van der Waals surface area contributed by atoms with Crippen LogP contribution < -0.4 is 15.2 Å². The summed E-state index contributed by atoms with van der Waals surface area (Å²) in [5, 5.41) is 0. The first-order valence-corrected chi connectivity index (χ1v) is 6.33. The molecular weight excluding hydrogens is 230 g/mol. The molecule has 2 N–H and O–H groups in total. The summed E-state index contributed by atoms with van der Waals surface area (Å²) in [4.78, 5) is 0. The number of rotatable bonds is 3. The van der Waals surface area contributed by atoms with Gasteiger partial charge >= 0.3 is 0 Å². The number of ether oxygens (including phenoxy) is 3. The second kappa shape index (κ2) is 5.48. The van der Waals surface area contributed by atoms with Crippen LogP contribution in [-0.2, 0) is 4.74 Å². The van der Waals surface area contributed by atoms with Gasteiger partial charge in [-0.05, 0) is 13.8 Å². The lowest BCUT2D eigenvalue weighted by atomic mass is 10.0. The molecule has 0 spiro atoms. The number of hydrogen-bond acceptors (Lipinski definition) is 4. The molecule has 18 heavy (non-hydrogen) atoms. The maximum absolute atomic E-state index is 5.98. The van der Waals surface area contributed by atoms with Crippen molar-refractivity contribution in [2.45, 2.75) is 45.0 Å². The van der Waals surface area contributed by atoms with Gasteiger partial charge in [-0.1, -0.05) is 0 Å². The van der Waals surface area contributed by atoms with E-state index >= 15 is 0 Å². The van der Waals surface area contributed by atoms with E-state index in [1.807, 2.05) is 12.1 Å². The number of benzene rings is 1. The fourth-order valence-electron chi connectivity index (χ4n) is 2.41. The topological polar surface area (TPSA) is 53.7 Å². The fraction of sp³-hybridized carbons (Fsp3) is 0.571. The van der Waals surface area contributed by atoms with Crippen LogP contribution in [0.1, 0.15) is 26.7 Å². The first-order chi connectivity index (χ1) is 8.56. The first-order valence-electron chi connectivity index (χ1n) is 6.33. The second-order valence-corrected chi connectivity index (χ2v) is 4.91. The number of anilines is 1. The van der Waals surface area contributed by atoms with Gasteiger partial charge in [-0.2, -0.15) is 0 Å². The molecule has 1 aliphatic heterocycles. The van der Waals surface area contributed by atoms with Crippen molar-refractivity contribution >= 4 is 5.69 Å². The Kier molecular flexibility index (Phi) is 3.97. The van der Waals surface area contributed by atoms with Crippen LogP contribution in [0.3, 0.4) is 0 Å². The predicted molar refractivity (Wildman–Crippen MR) is 71.1 cm³/mol. The Labute approximate surface area is 108 Å². The van der Waals surface area contributed by atoms with Crippen LogP contribution >= 0.6 is 0 Å². The molecule has 1 fully saturated rings. The standard InChI is InChI=1S/C14H21NO3/c1-9-4-13(5-10(2)17-9)18-14-7-11(15)6-12(8-14)16-3/h6-10,13H,4-5,15H2,1-3H3. The molecule has 4 heteroatoms. The smallest absolute Gasteiger partial charge is 0.125 e. The highest BCUT2D eigenvalue weighted by atomic mass is 16.5. The van der Waals surface area contributed by atoms with Gasteiger partial charge in [0.2, 0.25) is 0 Å².